The van der Waals surface area contributed by atoms with Gasteiger partial charge in [0.05, 0.1) is 113 Å². The largest absolute Gasteiger partial charge is 0.481 e. The molecule has 0 spiro atoms. The van der Waals surface area contributed by atoms with Crippen LogP contribution < -0.4 is 51.4 Å². The lowest BCUT2D eigenvalue weighted by atomic mass is 9.93. The van der Waals surface area contributed by atoms with Gasteiger partial charge in [-0.1, -0.05) is 57.3 Å². The lowest BCUT2D eigenvalue weighted by molar-refractivity contribution is -0.167. The van der Waals surface area contributed by atoms with Gasteiger partial charge < -0.3 is 77.8 Å². The van der Waals surface area contributed by atoms with E-state index in [0.29, 0.717) is 104 Å². The average Bonchev–Trinajstić information content (AvgIpc) is 0.728. The summed E-state index contributed by atoms with van der Waals surface area (Å²) < 4.78 is 333. The van der Waals surface area contributed by atoms with E-state index < -0.39 is 225 Å². The van der Waals surface area contributed by atoms with Crippen molar-refractivity contribution < 1.29 is 154 Å². The van der Waals surface area contributed by atoms with Crippen LogP contribution in [0.2, 0.25) is 0 Å². The summed E-state index contributed by atoms with van der Waals surface area (Å²) in [6.45, 7) is -0.444. The van der Waals surface area contributed by atoms with E-state index in [4.69, 9.17) is 33.2 Å². The molecular weight excluding hydrogens is 2040 g/mol. The number of pyridine rings is 5. The van der Waals surface area contributed by atoms with Gasteiger partial charge in [0.25, 0.3) is 28.8 Å². The molecule has 6 aromatic heterocycles. The zero-order chi connectivity index (χ0) is 108. The van der Waals surface area contributed by atoms with Crippen LogP contribution >= 0.6 is 0 Å². The van der Waals surface area contributed by atoms with Crippen molar-refractivity contribution in [1.82, 2.24) is 50.0 Å². The first-order chi connectivity index (χ1) is 69.6. The fraction of sp³-hybridized carbons (Fsp3) is 0.350. The van der Waals surface area contributed by atoms with Crippen molar-refractivity contribution in [1.29, 1.82) is 0 Å². The number of ether oxygens (including phenoxy) is 7. The molecule has 9 heterocycles. The number of esters is 3. The molecule has 3 N–H and O–H groups in total. The van der Waals surface area contributed by atoms with Gasteiger partial charge in [-0.15, -0.1) is 0 Å². The lowest BCUT2D eigenvalue weighted by Gasteiger charge is -2.38. The van der Waals surface area contributed by atoms with Crippen LogP contribution in [0.3, 0.4) is 0 Å². The predicted octanol–water partition coefficient (Wildman–Crippen LogP) is 16.6. The molecular formula is C100H95F21N14O15. The van der Waals surface area contributed by atoms with Crippen molar-refractivity contribution in [3.63, 3.8) is 0 Å². The Labute approximate surface area is 839 Å². The van der Waals surface area contributed by atoms with Crippen LogP contribution in [-0.2, 0) is 88.5 Å². The number of nitrogens with one attached hydrogen (secondary N) is 3. The number of carbonyl (C=O) groups excluding carboxylic acids is 6. The van der Waals surface area contributed by atoms with Crippen molar-refractivity contribution in [2.75, 3.05) is 121 Å². The minimum absolute atomic E-state index is 0. The first-order valence-electron chi connectivity index (χ1n) is 44.3. The van der Waals surface area contributed by atoms with Crippen molar-refractivity contribution in [3.8, 4) is 39.5 Å². The van der Waals surface area contributed by atoms with Gasteiger partial charge in [-0.2, -0.15) is 70.8 Å². The van der Waals surface area contributed by atoms with E-state index in [1.165, 1.54) is 69.9 Å². The molecule has 6 aromatic carbocycles. The maximum absolute atomic E-state index is 15.4. The zero-order valence-electron chi connectivity index (χ0n) is 79.3. The number of carbonyl (C=O) groups is 6. The molecule has 3 amide bonds. The van der Waals surface area contributed by atoms with Crippen LogP contribution in [0.4, 0.5) is 115 Å². The third-order valence-electron chi connectivity index (χ3n) is 24.4. The second-order valence-electron chi connectivity index (χ2n) is 34.1. The summed E-state index contributed by atoms with van der Waals surface area (Å²) in [5.74, 6) is -15.3. The van der Waals surface area contributed by atoms with Crippen LogP contribution in [0.25, 0.3) is 66.4 Å². The minimum atomic E-state index is -4.92. The number of anilines is 4. The van der Waals surface area contributed by atoms with E-state index in [1.807, 2.05) is 0 Å². The van der Waals surface area contributed by atoms with Crippen LogP contribution in [-0.4, -0.2) is 226 Å². The molecule has 0 bridgehead atoms. The van der Waals surface area contributed by atoms with Crippen molar-refractivity contribution in [3.05, 3.63) is 258 Å². The highest BCUT2D eigenvalue weighted by Crippen LogP contribution is 2.44. The number of rotatable bonds is 23. The van der Waals surface area contributed by atoms with Crippen molar-refractivity contribution in [2.24, 2.45) is 14.1 Å². The Morgan fingerprint density at radius 2 is 0.827 bits per heavy atom. The third-order valence-corrected chi connectivity index (χ3v) is 24.4. The molecule has 3 fully saturated rings. The molecule has 29 nitrogen and oxygen atoms in total. The van der Waals surface area contributed by atoms with Gasteiger partial charge in [0, 0.05) is 159 Å². The number of nitrogens with zero attached hydrogens (tertiary/aromatic N) is 11. The average molecular weight is 2130 g/mol. The molecule has 3 saturated heterocycles. The molecule has 0 unspecified atom stereocenters. The van der Waals surface area contributed by atoms with Crippen LogP contribution in [0, 0.1) is 48.8 Å². The topological polar surface area (TPSA) is 325 Å². The Morgan fingerprint density at radius 3 is 1.19 bits per heavy atom. The van der Waals surface area contributed by atoms with E-state index in [9.17, 15) is 104 Å². The molecule has 0 saturated carbocycles. The van der Waals surface area contributed by atoms with Gasteiger partial charge >= 0.3 is 48.8 Å². The lowest BCUT2D eigenvalue weighted by Crippen LogP contribution is -2.53. The number of amides is 3. The number of aryl methyl sites for hydroxylation is 3. The molecule has 150 heavy (non-hydrogen) atoms. The molecule has 12 aromatic rings. The highest BCUT2D eigenvalue weighted by Gasteiger charge is 2.50. The summed E-state index contributed by atoms with van der Waals surface area (Å²) in [5, 5.41) is 7.74. The van der Waals surface area contributed by atoms with Gasteiger partial charge in [-0.25, -0.2) is 45.7 Å². The maximum Gasteiger partial charge on any atom is 0.417 e. The highest BCUT2D eigenvalue weighted by atomic mass is 19.4. The number of hydrogen-bond acceptors (Lipinski definition) is 24. The molecule has 6 atom stereocenters. The highest BCUT2D eigenvalue weighted by molar-refractivity contribution is 6.03. The number of halogens is 21. The van der Waals surface area contributed by atoms with Gasteiger partial charge in [-0.05, 0) is 103 Å². The summed E-state index contributed by atoms with van der Waals surface area (Å²) >= 11 is 0. The van der Waals surface area contributed by atoms with Crippen LogP contribution in [0.1, 0.15) is 85.1 Å². The number of methoxy groups -OCH3 is 4. The Hall–Kier alpha value is -15.2. The SMILES string of the molecule is C.C.COC(=O)[C@H](Cc1ccc(-c2c(C(F)(F)F)cc(C)n(C)c2=O)c2ncc(N(C)C)cc12)NC(=O)c1c(F)cc(N2CCOC[C@@H]2C(F)(F)F)cc1F.COC(=O)[C@H](Cc1ccc(-c2cc(C(F)(F)F)cn(C)c2=O)c2ncccc12)NC(=O)c1c(F)cc(N2CCOC[C@@H]2C(F)(F)F)cc1F.COC(=O)[C@H](Cc1ccc(-c2nc(C)cc(OC)n2)c2ncccc12)NC(=O)c1c(F)cc(N2CCOC[C@@H]2C(F)(F)F)cc1F. The molecule has 3 aliphatic heterocycles. The van der Waals surface area contributed by atoms with Gasteiger partial charge in [-0.3, -0.25) is 38.9 Å². The Bertz CT molecular complexity index is 7160. The zero-order valence-corrected chi connectivity index (χ0v) is 79.3. The summed E-state index contributed by atoms with van der Waals surface area (Å²) in [7, 11) is 10.3. The summed E-state index contributed by atoms with van der Waals surface area (Å²) in [6.07, 6.45) is -20.0. The fourth-order valence-electron chi connectivity index (χ4n) is 17.0. The number of benzene rings is 6. The summed E-state index contributed by atoms with van der Waals surface area (Å²) in [4.78, 5) is 130. The number of morpholine rings is 3. The first kappa shape index (κ1) is 115. The summed E-state index contributed by atoms with van der Waals surface area (Å²) in [5.41, 5.74) is -6.56. The number of alkyl halides is 15. The molecule has 3 aliphatic rings. The molecule has 50 heteroatoms. The maximum atomic E-state index is 15.4. The third kappa shape index (κ3) is 25.3. The van der Waals surface area contributed by atoms with Crippen molar-refractivity contribution >= 4 is 91.1 Å². The quantitative estimate of drug-likeness (QED) is 0.0304. The summed E-state index contributed by atoms with van der Waals surface area (Å²) in [6, 6.07) is 12.2. The smallest absolute Gasteiger partial charge is 0.417 e. The van der Waals surface area contributed by atoms with Gasteiger partial charge in [0.15, 0.2) is 5.82 Å². The van der Waals surface area contributed by atoms with E-state index in [1.54, 1.807) is 68.5 Å². The fourth-order valence-corrected chi connectivity index (χ4v) is 17.0. The number of fused-ring (bicyclic) bond motifs is 3. The standard InChI is InChI=1S/C35H33F8N5O5.C32H26F8N4O5.C31H28F5N5O5.2CH4/c1-17-10-23(34(38,39)40)28(32(50)47(17)4)21-7-6-18(22-12-20(46(2)3)15-44-30(21)22)11-26(33(51)52-5)45-31(49)29-24(36)13-19(14-25(29)37)48-8-9-53-16-27(48)35(41,42)43;1-43-14-17(31(35,36)37)11-21(29(43)46)20-6-5-16(19-4-3-7-41-27(19)20)10-24(30(47)48-2)42-28(45)26-22(33)12-18(13-23(26)34)44-8-9-49-15-25(44)32(38,39)40;1-16-11-25(44-2)40-28(38-16)20-7-6-17(19-5-4-8-37-27(19)20)12-23(30(43)45-3)39-29(42)26-21(32)13-18(14-22(26)33)41-9-10-46-15-24(41)31(34,35)36;;/h6-7,10,12-15,26-27H,8-9,11,16H2,1-5H3,(H,45,49);3-7,11-14,24-25H,8-10,15H2,1-2H3,(H,42,45);4-8,11,13-14,23-24H,9-10,12,15H2,1-3H3,(H,39,42);2*1H4/t26-,27+;24-,25+;23-,24+;;/m000../s1. The normalized spacial score (nSPS) is 15.6. The number of hydrogen-bond donors (Lipinski definition) is 3. The van der Waals surface area contributed by atoms with E-state index in [-0.39, 0.29) is 122 Å². The van der Waals surface area contributed by atoms with Crippen LogP contribution in [0.5, 0.6) is 5.88 Å². The predicted molar refractivity (Wildman–Crippen MR) is 505 cm³/mol. The van der Waals surface area contributed by atoms with Crippen LogP contribution in [0.15, 0.2) is 156 Å². The monoisotopic (exact) mass is 2130 g/mol. The van der Waals surface area contributed by atoms with E-state index in [2.05, 4.69) is 40.9 Å². The van der Waals surface area contributed by atoms with Gasteiger partial charge in [0.1, 0.15) is 87.8 Å². The molecule has 802 valence electrons. The molecule has 0 aliphatic carbocycles. The van der Waals surface area contributed by atoms with E-state index >= 15 is 26.3 Å². The molecule has 15 rings (SSSR count). The Kier molecular flexibility index (Phi) is 35.8. The minimum Gasteiger partial charge on any atom is -0.481 e. The second-order valence-corrected chi connectivity index (χ2v) is 34.1. The Balaban J connectivity index is 0.000000212. The number of aromatic nitrogens is 7. The second kappa shape index (κ2) is 46.7. The molecule has 0 radical (unpaired) electrons. The van der Waals surface area contributed by atoms with E-state index in [0.717, 1.165) is 48.5 Å². The van der Waals surface area contributed by atoms with Gasteiger partial charge in [0.2, 0.25) is 5.88 Å². The first-order valence-corrected chi connectivity index (χ1v) is 44.3. The Morgan fingerprint density at radius 1 is 0.453 bits per heavy atom. The van der Waals surface area contributed by atoms with Crippen molar-refractivity contribution in [2.45, 2.75) is 115 Å².